The number of halogens is 3. The normalized spacial score (nSPS) is 19.8. The van der Waals surface area contributed by atoms with Crippen molar-refractivity contribution in [2.45, 2.75) is 6.18 Å². The molecule has 0 bridgehead atoms. The highest BCUT2D eigenvalue weighted by molar-refractivity contribution is 7.13. The smallest absolute Gasteiger partial charge is 0.400 e. The molecule has 0 aliphatic carbocycles. The van der Waals surface area contributed by atoms with Gasteiger partial charge < -0.3 is 15.8 Å². The number of oxime groups is 1. The Morgan fingerprint density at radius 1 is 1.43 bits per heavy atom. The number of alkyl halides is 3. The fourth-order valence-corrected chi connectivity index (χ4v) is 2.88. The molecule has 21 heavy (non-hydrogen) atoms. The summed E-state index contributed by atoms with van der Waals surface area (Å²) in [5.74, 6) is -2.75. The van der Waals surface area contributed by atoms with E-state index < -0.39 is 17.9 Å². The molecule has 0 saturated carbocycles. The van der Waals surface area contributed by atoms with Crippen molar-refractivity contribution < 1.29 is 18.4 Å². The van der Waals surface area contributed by atoms with Crippen molar-refractivity contribution in [2.24, 2.45) is 16.8 Å². The number of piperazine rings is 1. The van der Waals surface area contributed by atoms with E-state index in [2.05, 4.69) is 10.1 Å². The lowest BCUT2D eigenvalue weighted by molar-refractivity contribution is -0.160. The second-order valence-corrected chi connectivity index (χ2v) is 5.59. The second-order valence-electron chi connectivity index (χ2n) is 4.72. The number of thiazole rings is 1. The van der Waals surface area contributed by atoms with Crippen molar-refractivity contribution >= 4 is 22.3 Å². The van der Waals surface area contributed by atoms with Gasteiger partial charge in [-0.05, 0) is 0 Å². The molecule has 1 aliphatic rings. The lowest BCUT2D eigenvalue weighted by atomic mass is 10.1. The van der Waals surface area contributed by atoms with Crippen LogP contribution in [-0.2, 0) is 0 Å². The number of aromatic nitrogens is 1. The molecule has 3 N–H and O–H groups in total. The van der Waals surface area contributed by atoms with Gasteiger partial charge in [-0.2, -0.15) is 13.2 Å². The fraction of sp³-hybridized carbons (Fsp3) is 0.636. The van der Waals surface area contributed by atoms with Crippen LogP contribution in [0.5, 0.6) is 0 Å². The molecule has 0 aromatic carbocycles. The number of rotatable bonds is 4. The standard InChI is InChI=1S/C11H16F3N5OS/c12-11(13,14)8(9(15)17-20)7-18-2-4-19(5-3-18)10-16-1-6-21-10/h1,6,8,20H,2-5,7H2,(H2,15,17). The summed E-state index contributed by atoms with van der Waals surface area (Å²) in [5.41, 5.74) is 5.16. The molecular weight excluding hydrogens is 307 g/mol. The number of anilines is 1. The van der Waals surface area contributed by atoms with Gasteiger partial charge in [-0.3, -0.25) is 4.90 Å². The molecule has 1 atom stereocenters. The largest absolute Gasteiger partial charge is 0.409 e. The number of nitrogens with two attached hydrogens (primary N) is 1. The Morgan fingerprint density at radius 2 is 2.10 bits per heavy atom. The van der Waals surface area contributed by atoms with Crippen LogP contribution < -0.4 is 10.6 Å². The van der Waals surface area contributed by atoms with Gasteiger partial charge in [0, 0.05) is 44.3 Å². The minimum atomic E-state index is -4.53. The average Bonchev–Trinajstić information content (AvgIpc) is 2.97. The van der Waals surface area contributed by atoms with E-state index in [9.17, 15) is 13.2 Å². The number of amidine groups is 1. The quantitative estimate of drug-likeness (QED) is 0.377. The Kier molecular flexibility index (Phi) is 4.88. The van der Waals surface area contributed by atoms with Crippen LogP contribution in [0, 0.1) is 5.92 Å². The van der Waals surface area contributed by atoms with Crippen molar-refractivity contribution in [2.75, 3.05) is 37.6 Å². The van der Waals surface area contributed by atoms with Crippen molar-refractivity contribution in [3.05, 3.63) is 11.6 Å². The van der Waals surface area contributed by atoms with Crippen molar-refractivity contribution in [3.63, 3.8) is 0 Å². The molecule has 0 radical (unpaired) electrons. The van der Waals surface area contributed by atoms with E-state index in [0.29, 0.717) is 26.2 Å². The first-order valence-corrected chi connectivity index (χ1v) is 7.20. The summed E-state index contributed by atoms with van der Waals surface area (Å²) in [6.45, 7) is 1.86. The monoisotopic (exact) mass is 323 g/mol. The SMILES string of the molecule is N/C(=N/O)C(CN1CCN(c2nccs2)CC1)C(F)(F)F. The van der Waals surface area contributed by atoms with Crippen molar-refractivity contribution in [3.8, 4) is 0 Å². The maximum atomic E-state index is 12.9. The van der Waals surface area contributed by atoms with E-state index >= 15 is 0 Å². The molecule has 1 unspecified atom stereocenters. The van der Waals surface area contributed by atoms with Crippen LogP contribution in [0.3, 0.4) is 0 Å². The third kappa shape index (κ3) is 3.97. The van der Waals surface area contributed by atoms with Crippen LogP contribution in [0.2, 0.25) is 0 Å². The molecule has 1 aromatic heterocycles. The minimum Gasteiger partial charge on any atom is -0.409 e. The summed E-state index contributed by atoms with van der Waals surface area (Å²) in [5, 5.41) is 13.7. The number of hydrogen-bond acceptors (Lipinski definition) is 6. The van der Waals surface area contributed by atoms with Gasteiger partial charge in [0.1, 0.15) is 5.92 Å². The lowest BCUT2D eigenvalue weighted by Crippen LogP contribution is -2.51. The lowest BCUT2D eigenvalue weighted by Gasteiger charge is -2.36. The molecule has 0 amide bonds. The van der Waals surface area contributed by atoms with Gasteiger partial charge in [0.15, 0.2) is 11.0 Å². The molecule has 1 aromatic rings. The van der Waals surface area contributed by atoms with Gasteiger partial charge in [0.2, 0.25) is 0 Å². The first kappa shape index (κ1) is 15.8. The summed E-state index contributed by atoms with van der Waals surface area (Å²) < 4.78 is 38.7. The fourth-order valence-electron chi connectivity index (χ4n) is 2.19. The van der Waals surface area contributed by atoms with Crippen LogP contribution >= 0.6 is 11.3 Å². The van der Waals surface area contributed by atoms with Crippen LogP contribution in [0.4, 0.5) is 18.3 Å². The number of nitrogens with zero attached hydrogens (tertiary/aromatic N) is 4. The predicted molar refractivity (Wildman–Crippen MR) is 73.7 cm³/mol. The van der Waals surface area contributed by atoms with E-state index in [1.54, 1.807) is 11.1 Å². The Bertz CT molecular complexity index is 471. The molecule has 6 nitrogen and oxygen atoms in total. The van der Waals surface area contributed by atoms with Gasteiger partial charge >= 0.3 is 6.18 Å². The molecule has 1 aliphatic heterocycles. The molecule has 118 valence electrons. The van der Waals surface area contributed by atoms with Crippen molar-refractivity contribution in [1.29, 1.82) is 0 Å². The summed E-state index contributed by atoms with van der Waals surface area (Å²) in [6, 6.07) is 0. The van der Waals surface area contributed by atoms with E-state index in [1.807, 2.05) is 10.3 Å². The third-order valence-corrected chi connectivity index (χ3v) is 4.20. The maximum absolute atomic E-state index is 12.9. The molecule has 0 spiro atoms. The van der Waals surface area contributed by atoms with E-state index in [-0.39, 0.29) is 6.54 Å². The highest BCUT2D eigenvalue weighted by Gasteiger charge is 2.44. The van der Waals surface area contributed by atoms with Gasteiger partial charge in [0.05, 0.1) is 0 Å². The zero-order valence-electron chi connectivity index (χ0n) is 11.1. The van der Waals surface area contributed by atoms with Crippen LogP contribution in [-0.4, -0.2) is 59.8 Å². The Hall–Kier alpha value is -1.55. The molecule has 1 saturated heterocycles. The summed E-state index contributed by atoms with van der Waals surface area (Å²) in [6.07, 6.45) is -2.83. The molecule has 1 fully saturated rings. The van der Waals surface area contributed by atoms with Gasteiger partial charge in [0.25, 0.3) is 0 Å². The summed E-state index contributed by atoms with van der Waals surface area (Å²) in [7, 11) is 0. The highest BCUT2D eigenvalue weighted by atomic mass is 32.1. The van der Waals surface area contributed by atoms with Gasteiger partial charge in [-0.1, -0.05) is 5.16 Å². The van der Waals surface area contributed by atoms with E-state index in [0.717, 1.165) is 5.13 Å². The van der Waals surface area contributed by atoms with Gasteiger partial charge in [-0.25, -0.2) is 4.98 Å². The average molecular weight is 323 g/mol. The summed E-state index contributed by atoms with van der Waals surface area (Å²) in [4.78, 5) is 7.88. The first-order valence-electron chi connectivity index (χ1n) is 6.32. The zero-order chi connectivity index (χ0) is 15.5. The highest BCUT2D eigenvalue weighted by Crippen LogP contribution is 2.28. The van der Waals surface area contributed by atoms with Crippen LogP contribution in [0.15, 0.2) is 16.7 Å². The third-order valence-electron chi connectivity index (χ3n) is 3.37. The minimum absolute atomic E-state index is 0.300. The van der Waals surface area contributed by atoms with Crippen molar-refractivity contribution in [1.82, 2.24) is 9.88 Å². The Labute approximate surface area is 123 Å². The molecule has 2 heterocycles. The molecule has 10 heteroatoms. The molecular formula is C11H16F3N5OS. The summed E-state index contributed by atoms with van der Waals surface area (Å²) >= 11 is 1.50. The van der Waals surface area contributed by atoms with Gasteiger partial charge in [-0.15, -0.1) is 11.3 Å². The Balaban J connectivity index is 1.92. The first-order chi connectivity index (χ1) is 9.91. The van der Waals surface area contributed by atoms with Crippen LogP contribution in [0.1, 0.15) is 0 Å². The topological polar surface area (TPSA) is 78.0 Å². The second kappa shape index (κ2) is 6.48. The van der Waals surface area contributed by atoms with E-state index in [1.165, 1.54) is 11.3 Å². The Morgan fingerprint density at radius 3 is 2.57 bits per heavy atom. The zero-order valence-corrected chi connectivity index (χ0v) is 11.9. The van der Waals surface area contributed by atoms with Crippen LogP contribution in [0.25, 0.3) is 0 Å². The molecule has 2 rings (SSSR count). The van der Waals surface area contributed by atoms with E-state index in [4.69, 9.17) is 10.9 Å². The maximum Gasteiger partial charge on any atom is 0.400 e. The number of hydrogen-bond donors (Lipinski definition) is 2. The predicted octanol–water partition coefficient (Wildman–Crippen LogP) is 1.19.